The number of carboxylic acid groups (broad SMARTS) is 1. The normalized spacial score (nSPS) is 12.1. The first kappa shape index (κ1) is 46.8. The van der Waals surface area contributed by atoms with Gasteiger partial charge in [-0.25, -0.2) is 4.79 Å². The van der Waals surface area contributed by atoms with E-state index in [0.29, 0.717) is 32.7 Å². The molecule has 0 aliphatic rings. The van der Waals surface area contributed by atoms with Crippen LogP contribution >= 0.6 is 0 Å². The first-order valence-corrected chi connectivity index (χ1v) is 20.6. The van der Waals surface area contributed by atoms with E-state index in [1.54, 1.807) is 0 Å². The lowest BCUT2D eigenvalue weighted by Crippen LogP contribution is -2.32. The summed E-state index contributed by atoms with van der Waals surface area (Å²) >= 11 is 0. The summed E-state index contributed by atoms with van der Waals surface area (Å²) in [6.45, 7) is 6.21. The van der Waals surface area contributed by atoms with E-state index in [9.17, 15) is 24.9 Å². The number of hydrogen-bond donors (Lipinski definition) is 3. The highest BCUT2D eigenvalue weighted by Gasteiger charge is 2.21. The number of ether oxygens (including phenoxy) is 4. The van der Waals surface area contributed by atoms with Gasteiger partial charge in [0, 0.05) is 13.2 Å². The van der Waals surface area contributed by atoms with E-state index < -0.39 is 23.4 Å². The van der Waals surface area contributed by atoms with Crippen LogP contribution in [0.2, 0.25) is 0 Å². The van der Waals surface area contributed by atoms with Crippen molar-refractivity contribution in [3.8, 4) is 11.5 Å². The zero-order valence-electron chi connectivity index (χ0n) is 32.4. The van der Waals surface area contributed by atoms with Gasteiger partial charge in [-0.15, -0.1) is 0 Å². The Bertz CT molecular complexity index is 938. The molecule has 0 fully saturated rings. The summed E-state index contributed by atoms with van der Waals surface area (Å²) in [6, 6.07) is 2.56. The summed E-state index contributed by atoms with van der Waals surface area (Å²) in [6.07, 6.45) is 29.9. The average Bonchev–Trinajstić information content (AvgIpc) is 3.12. The quantitative estimate of drug-likeness (QED) is 0.0451. The minimum absolute atomic E-state index is 0.0601. The van der Waals surface area contributed by atoms with E-state index in [1.165, 1.54) is 141 Å². The van der Waals surface area contributed by atoms with E-state index in [2.05, 4.69) is 13.8 Å². The van der Waals surface area contributed by atoms with Crippen LogP contribution in [0.4, 0.5) is 0 Å². The van der Waals surface area contributed by atoms with Crippen LogP contribution in [0.3, 0.4) is 0 Å². The molecule has 51 heavy (non-hydrogen) atoms. The lowest BCUT2D eigenvalue weighted by molar-refractivity contribution is -0.0868. The Balaban J connectivity index is 2.36. The second kappa shape index (κ2) is 33.6. The van der Waals surface area contributed by atoms with Crippen molar-refractivity contribution in [2.45, 2.75) is 180 Å². The van der Waals surface area contributed by atoms with E-state index in [4.69, 9.17) is 18.9 Å². The van der Waals surface area contributed by atoms with Gasteiger partial charge in [-0.2, -0.15) is 0 Å². The molecule has 0 aliphatic carbocycles. The number of aldehydes is 1. The highest BCUT2D eigenvalue weighted by molar-refractivity contribution is 5.97. The van der Waals surface area contributed by atoms with Gasteiger partial charge in [-0.1, -0.05) is 155 Å². The predicted molar refractivity (Wildman–Crippen MR) is 205 cm³/mol. The number of aromatic hydroxyl groups is 1. The van der Waals surface area contributed by atoms with Crippen molar-refractivity contribution in [1.82, 2.24) is 0 Å². The Labute approximate surface area is 310 Å². The van der Waals surface area contributed by atoms with Gasteiger partial charge in [0.05, 0.1) is 25.4 Å². The number of benzene rings is 1. The molecule has 3 N–H and O–H groups in total. The predicted octanol–water partition coefficient (Wildman–Crippen LogP) is 10.5. The van der Waals surface area contributed by atoms with Crippen molar-refractivity contribution in [3.63, 3.8) is 0 Å². The molecule has 296 valence electrons. The van der Waals surface area contributed by atoms with E-state index in [1.807, 2.05) is 0 Å². The number of hydrogen-bond acceptors (Lipinski definition) is 8. The molecule has 0 bridgehead atoms. The Hall–Kier alpha value is -2.20. The molecule has 1 atom stereocenters. The zero-order chi connectivity index (χ0) is 37.2. The molecule has 0 spiro atoms. The van der Waals surface area contributed by atoms with Gasteiger partial charge in [0.15, 0.2) is 6.29 Å². The first-order chi connectivity index (χ1) is 24.9. The third-order valence-corrected chi connectivity index (χ3v) is 9.36. The summed E-state index contributed by atoms with van der Waals surface area (Å²) in [5.41, 5.74) is -0.679. The van der Waals surface area contributed by atoms with Gasteiger partial charge in [0.25, 0.3) is 0 Å². The number of unbranched alkanes of at least 4 members (excludes halogenated alkanes) is 22. The maximum atomic E-state index is 11.6. The van der Waals surface area contributed by atoms with Crippen LogP contribution in [0.1, 0.15) is 189 Å². The van der Waals surface area contributed by atoms with Crippen LogP contribution in [0.5, 0.6) is 11.5 Å². The number of rotatable bonds is 38. The van der Waals surface area contributed by atoms with Gasteiger partial charge < -0.3 is 34.3 Å². The highest BCUT2D eigenvalue weighted by atomic mass is 16.6. The van der Waals surface area contributed by atoms with Crippen molar-refractivity contribution in [1.29, 1.82) is 0 Å². The number of aromatic carboxylic acids is 1. The Morgan fingerprint density at radius 2 is 1.04 bits per heavy atom. The smallest absolute Gasteiger partial charge is 0.343 e. The van der Waals surface area contributed by atoms with Crippen LogP contribution in [0, 0.1) is 0 Å². The fourth-order valence-corrected chi connectivity index (χ4v) is 6.16. The average molecular weight is 723 g/mol. The fraction of sp³-hybridized carbons (Fsp3) is 0.810. The number of phenols is 1. The molecule has 1 aromatic rings. The van der Waals surface area contributed by atoms with Crippen LogP contribution in [0.25, 0.3) is 0 Å². The summed E-state index contributed by atoms with van der Waals surface area (Å²) in [7, 11) is 0. The van der Waals surface area contributed by atoms with Crippen molar-refractivity contribution in [3.05, 3.63) is 23.3 Å². The van der Waals surface area contributed by atoms with Crippen molar-refractivity contribution in [2.75, 3.05) is 39.6 Å². The summed E-state index contributed by atoms with van der Waals surface area (Å²) in [5.74, 6) is -2.25. The Kier molecular flexibility index (Phi) is 30.9. The molecule has 0 saturated carbocycles. The Morgan fingerprint density at radius 1 is 0.627 bits per heavy atom. The molecule has 0 amide bonds. The molecule has 0 aromatic heterocycles. The summed E-state index contributed by atoms with van der Waals surface area (Å²) in [4.78, 5) is 22.7. The van der Waals surface area contributed by atoms with E-state index >= 15 is 0 Å². The van der Waals surface area contributed by atoms with Crippen molar-refractivity contribution < 1.29 is 43.9 Å². The maximum Gasteiger partial charge on any atom is 0.343 e. The lowest BCUT2D eigenvalue weighted by Gasteiger charge is -2.21. The Morgan fingerprint density at radius 3 is 1.43 bits per heavy atom. The SMILES string of the molecule is CCCCCCCCCCCCCCOCC(COCCCCCCCCCCCCCC)OCC(O)COc1ccc(C=O)c(O)c1C(=O)O. The molecule has 0 saturated heterocycles. The lowest BCUT2D eigenvalue weighted by atomic mass is 10.1. The maximum absolute atomic E-state index is 11.6. The molecule has 0 aliphatic heterocycles. The molecule has 1 rings (SSSR count). The van der Waals surface area contributed by atoms with E-state index in [-0.39, 0.29) is 30.6 Å². The molecule has 1 unspecified atom stereocenters. The van der Waals surface area contributed by atoms with Crippen molar-refractivity contribution in [2.24, 2.45) is 0 Å². The zero-order valence-corrected chi connectivity index (χ0v) is 32.4. The molecule has 0 radical (unpaired) electrons. The largest absolute Gasteiger partial charge is 0.506 e. The molecule has 1 aromatic carbocycles. The third-order valence-electron chi connectivity index (χ3n) is 9.36. The highest BCUT2D eigenvalue weighted by Crippen LogP contribution is 2.30. The van der Waals surface area contributed by atoms with Gasteiger partial charge in [-0.05, 0) is 25.0 Å². The number of carboxylic acids is 1. The standard InChI is InChI=1S/C42H74O9/c1-3-5-7-9-11-13-15-17-19-21-23-25-29-48-34-38(35-49-30-26-24-22-20-18-16-14-12-10-8-6-4-2)50-32-37(44)33-51-39-28-27-36(31-43)41(45)40(39)42(46)47/h27-28,31,37-38,44-45H,3-26,29-30,32-35H2,1-2H3,(H,46,47). The minimum atomic E-state index is -1.44. The molecular weight excluding hydrogens is 648 g/mol. The molecule has 9 nitrogen and oxygen atoms in total. The minimum Gasteiger partial charge on any atom is -0.506 e. The van der Waals surface area contributed by atoms with Gasteiger partial charge in [-0.3, -0.25) is 4.79 Å². The van der Waals surface area contributed by atoms with Crippen LogP contribution < -0.4 is 4.74 Å². The second-order valence-corrected chi connectivity index (χ2v) is 14.1. The number of carbonyl (C=O) groups excluding carboxylic acids is 1. The molecule has 9 heteroatoms. The van der Waals surface area contributed by atoms with Crippen molar-refractivity contribution >= 4 is 12.3 Å². The van der Waals surface area contributed by atoms with Crippen LogP contribution in [-0.4, -0.2) is 79.4 Å². The van der Waals surface area contributed by atoms with Crippen LogP contribution in [-0.2, 0) is 14.2 Å². The number of aliphatic hydroxyl groups is 1. The van der Waals surface area contributed by atoms with Gasteiger partial charge in [0.2, 0.25) is 0 Å². The monoisotopic (exact) mass is 723 g/mol. The molecular formula is C42H74O9. The summed E-state index contributed by atoms with van der Waals surface area (Å²) in [5, 5.41) is 30.2. The fourth-order valence-electron chi connectivity index (χ4n) is 6.16. The first-order valence-electron chi connectivity index (χ1n) is 20.6. The summed E-state index contributed by atoms with van der Waals surface area (Å²) < 4.78 is 23.4. The van der Waals surface area contributed by atoms with Gasteiger partial charge in [0.1, 0.15) is 35.9 Å². The molecule has 0 heterocycles. The third kappa shape index (κ3) is 25.4. The second-order valence-electron chi connectivity index (χ2n) is 14.1. The number of carbonyl (C=O) groups is 2. The van der Waals surface area contributed by atoms with Gasteiger partial charge >= 0.3 is 5.97 Å². The topological polar surface area (TPSA) is 132 Å². The van der Waals surface area contributed by atoms with Crippen LogP contribution in [0.15, 0.2) is 12.1 Å². The van der Waals surface area contributed by atoms with E-state index in [0.717, 1.165) is 25.7 Å². The number of aliphatic hydroxyl groups excluding tert-OH is 1.